The fourth-order valence-electron chi connectivity index (χ4n) is 1.84. The maximum absolute atomic E-state index is 5.84. The highest BCUT2D eigenvalue weighted by molar-refractivity contribution is 4.86. The van der Waals surface area contributed by atoms with Crippen LogP contribution in [0.2, 0.25) is 0 Å². The Morgan fingerprint density at radius 2 is 2.25 bits per heavy atom. The van der Waals surface area contributed by atoms with Gasteiger partial charge in [-0.3, -0.25) is 4.90 Å². The topological polar surface area (TPSA) is 77.4 Å². The molecule has 0 bridgehead atoms. The SMILES string of the molecule is COCc1noc(CN2CCC(N)CC2)n1. The van der Waals surface area contributed by atoms with Crippen molar-refractivity contribution in [1.82, 2.24) is 15.0 Å². The minimum atomic E-state index is 0.350. The monoisotopic (exact) mass is 226 g/mol. The molecule has 1 aliphatic heterocycles. The van der Waals surface area contributed by atoms with Gasteiger partial charge in [-0.25, -0.2) is 0 Å². The highest BCUT2D eigenvalue weighted by Crippen LogP contribution is 2.11. The maximum Gasteiger partial charge on any atom is 0.240 e. The van der Waals surface area contributed by atoms with Gasteiger partial charge in [0, 0.05) is 26.2 Å². The minimum Gasteiger partial charge on any atom is -0.377 e. The third-order valence-electron chi connectivity index (χ3n) is 2.77. The van der Waals surface area contributed by atoms with E-state index in [1.54, 1.807) is 7.11 Å². The third kappa shape index (κ3) is 3.01. The normalized spacial score (nSPS) is 19.1. The van der Waals surface area contributed by atoms with Gasteiger partial charge in [-0.15, -0.1) is 0 Å². The number of ether oxygens (including phenoxy) is 1. The Kier molecular flexibility index (Phi) is 3.87. The van der Waals surface area contributed by atoms with E-state index in [2.05, 4.69) is 15.0 Å². The van der Waals surface area contributed by atoms with E-state index in [1.165, 1.54) is 0 Å². The van der Waals surface area contributed by atoms with Gasteiger partial charge in [0.15, 0.2) is 5.82 Å². The molecule has 16 heavy (non-hydrogen) atoms. The predicted molar refractivity (Wildman–Crippen MR) is 57.5 cm³/mol. The van der Waals surface area contributed by atoms with Crippen molar-refractivity contribution in [2.75, 3.05) is 20.2 Å². The van der Waals surface area contributed by atoms with Crippen LogP contribution in [0.4, 0.5) is 0 Å². The van der Waals surface area contributed by atoms with Crippen LogP contribution in [0, 0.1) is 0 Å². The van der Waals surface area contributed by atoms with E-state index in [1.807, 2.05) is 0 Å². The van der Waals surface area contributed by atoms with Gasteiger partial charge >= 0.3 is 0 Å². The fraction of sp³-hybridized carbons (Fsp3) is 0.800. The molecule has 90 valence electrons. The standard InChI is InChI=1S/C10H18N4O2/c1-15-7-9-12-10(16-13-9)6-14-4-2-8(11)3-5-14/h8H,2-7,11H2,1H3. The van der Waals surface area contributed by atoms with Crippen molar-refractivity contribution in [3.8, 4) is 0 Å². The molecule has 1 aromatic rings. The first kappa shape index (κ1) is 11.5. The van der Waals surface area contributed by atoms with Crippen molar-refractivity contribution in [2.45, 2.75) is 32.0 Å². The molecule has 1 saturated heterocycles. The van der Waals surface area contributed by atoms with Gasteiger partial charge in [-0.1, -0.05) is 5.16 Å². The van der Waals surface area contributed by atoms with Gasteiger partial charge in [-0.2, -0.15) is 4.98 Å². The lowest BCUT2D eigenvalue weighted by molar-refractivity contribution is 0.172. The van der Waals surface area contributed by atoms with Gasteiger partial charge in [0.2, 0.25) is 5.89 Å². The summed E-state index contributed by atoms with van der Waals surface area (Å²) >= 11 is 0. The van der Waals surface area contributed by atoms with Crippen molar-refractivity contribution in [3.05, 3.63) is 11.7 Å². The van der Waals surface area contributed by atoms with Crippen LogP contribution in [-0.4, -0.2) is 41.3 Å². The first-order valence-electron chi connectivity index (χ1n) is 5.56. The fourth-order valence-corrected chi connectivity index (χ4v) is 1.84. The first-order valence-corrected chi connectivity index (χ1v) is 5.56. The summed E-state index contributed by atoms with van der Waals surface area (Å²) in [5.41, 5.74) is 5.84. The zero-order chi connectivity index (χ0) is 11.4. The second-order valence-corrected chi connectivity index (χ2v) is 4.15. The summed E-state index contributed by atoms with van der Waals surface area (Å²) in [6.07, 6.45) is 2.08. The van der Waals surface area contributed by atoms with E-state index in [4.69, 9.17) is 15.0 Å². The summed E-state index contributed by atoms with van der Waals surface area (Å²) in [7, 11) is 1.61. The summed E-state index contributed by atoms with van der Waals surface area (Å²) in [6.45, 7) is 3.12. The Balaban J connectivity index is 1.83. The Labute approximate surface area is 94.7 Å². The van der Waals surface area contributed by atoms with Crippen molar-refractivity contribution >= 4 is 0 Å². The van der Waals surface area contributed by atoms with Crippen LogP contribution >= 0.6 is 0 Å². The number of piperidine rings is 1. The zero-order valence-corrected chi connectivity index (χ0v) is 9.56. The van der Waals surface area contributed by atoms with E-state index in [-0.39, 0.29) is 0 Å². The Morgan fingerprint density at radius 3 is 2.94 bits per heavy atom. The summed E-state index contributed by atoms with van der Waals surface area (Å²) in [6, 6.07) is 0.350. The van der Waals surface area contributed by atoms with E-state index in [0.717, 1.165) is 25.9 Å². The average Bonchev–Trinajstić information content (AvgIpc) is 2.70. The largest absolute Gasteiger partial charge is 0.377 e. The second kappa shape index (κ2) is 5.38. The van der Waals surface area contributed by atoms with E-state index in [9.17, 15) is 0 Å². The molecule has 1 fully saturated rings. The quantitative estimate of drug-likeness (QED) is 0.786. The molecule has 0 saturated carbocycles. The summed E-state index contributed by atoms with van der Waals surface area (Å²) in [4.78, 5) is 6.52. The lowest BCUT2D eigenvalue weighted by atomic mass is 10.1. The summed E-state index contributed by atoms with van der Waals surface area (Å²) in [5, 5.41) is 3.82. The molecule has 1 aromatic heterocycles. The zero-order valence-electron chi connectivity index (χ0n) is 9.56. The molecule has 0 amide bonds. The first-order chi connectivity index (χ1) is 7.78. The van der Waals surface area contributed by atoms with Crippen molar-refractivity contribution in [2.24, 2.45) is 5.73 Å². The Morgan fingerprint density at radius 1 is 1.50 bits per heavy atom. The van der Waals surface area contributed by atoms with Gasteiger partial charge in [-0.05, 0) is 12.8 Å². The molecule has 0 radical (unpaired) electrons. The molecule has 6 heteroatoms. The third-order valence-corrected chi connectivity index (χ3v) is 2.77. The Bertz CT molecular complexity index is 320. The molecule has 0 aliphatic carbocycles. The number of likely N-dealkylation sites (tertiary alicyclic amines) is 1. The van der Waals surface area contributed by atoms with Crippen LogP contribution in [0.5, 0.6) is 0 Å². The van der Waals surface area contributed by atoms with Gasteiger partial charge in [0.25, 0.3) is 0 Å². The molecule has 0 unspecified atom stereocenters. The molecule has 6 nitrogen and oxygen atoms in total. The number of rotatable bonds is 4. The molecule has 0 spiro atoms. The van der Waals surface area contributed by atoms with Crippen molar-refractivity contribution in [1.29, 1.82) is 0 Å². The number of nitrogens with two attached hydrogens (primary N) is 1. The summed E-state index contributed by atoms with van der Waals surface area (Å²) < 4.78 is 10.1. The van der Waals surface area contributed by atoms with Gasteiger partial charge in [0.05, 0.1) is 6.54 Å². The van der Waals surface area contributed by atoms with Crippen LogP contribution in [0.15, 0.2) is 4.52 Å². The molecule has 2 N–H and O–H groups in total. The van der Waals surface area contributed by atoms with Crippen molar-refractivity contribution in [3.63, 3.8) is 0 Å². The highest BCUT2D eigenvalue weighted by atomic mass is 16.5. The van der Waals surface area contributed by atoms with Crippen LogP contribution in [0.3, 0.4) is 0 Å². The average molecular weight is 226 g/mol. The highest BCUT2D eigenvalue weighted by Gasteiger charge is 2.18. The Hall–Kier alpha value is -0.980. The van der Waals surface area contributed by atoms with Gasteiger partial charge < -0.3 is 15.0 Å². The number of methoxy groups -OCH3 is 1. The molecule has 2 rings (SSSR count). The van der Waals surface area contributed by atoms with Crippen molar-refractivity contribution < 1.29 is 9.26 Å². The molecule has 0 aromatic carbocycles. The molecule has 2 heterocycles. The number of nitrogens with zero attached hydrogens (tertiary/aromatic N) is 3. The van der Waals surface area contributed by atoms with Crippen LogP contribution in [0.1, 0.15) is 24.6 Å². The molecular formula is C10H18N4O2. The number of hydrogen-bond acceptors (Lipinski definition) is 6. The molecular weight excluding hydrogens is 208 g/mol. The second-order valence-electron chi connectivity index (χ2n) is 4.15. The number of hydrogen-bond donors (Lipinski definition) is 1. The lowest BCUT2D eigenvalue weighted by Crippen LogP contribution is -2.39. The predicted octanol–water partition coefficient (Wildman–Crippen LogP) is 0.139. The minimum absolute atomic E-state index is 0.350. The van der Waals surface area contributed by atoms with Crippen LogP contribution in [0.25, 0.3) is 0 Å². The van der Waals surface area contributed by atoms with E-state index >= 15 is 0 Å². The van der Waals surface area contributed by atoms with E-state index < -0.39 is 0 Å². The van der Waals surface area contributed by atoms with Gasteiger partial charge in [0.1, 0.15) is 6.61 Å². The van der Waals surface area contributed by atoms with Crippen LogP contribution < -0.4 is 5.73 Å². The number of aromatic nitrogens is 2. The molecule has 0 atom stereocenters. The van der Waals surface area contributed by atoms with Crippen LogP contribution in [-0.2, 0) is 17.9 Å². The smallest absolute Gasteiger partial charge is 0.240 e. The lowest BCUT2D eigenvalue weighted by Gasteiger charge is -2.28. The summed E-state index contributed by atoms with van der Waals surface area (Å²) in [5.74, 6) is 1.26. The van der Waals surface area contributed by atoms with E-state index in [0.29, 0.717) is 30.9 Å². The maximum atomic E-state index is 5.84. The molecule has 1 aliphatic rings.